The van der Waals surface area contributed by atoms with E-state index < -0.39 is 0 Å². The van der Waals surface area contributed by atoms with Crippen LogP contribution in [0.2, 0.25) is 0 Å². The Morgan fingerprint density at radius 1 is 0.952 bits per heavy atom. The van der Waals surface area contributed by atoms with Crippen molar-refractivity contribution in [1.29, 1.82) is 0 Å². The van der Waals surface area contributed by atoms with Crippen LogP contribution in [-0.4, -0.2) is 10.9 Å². The molecule has 1 heterocycles. The summed E-state index contributed by atoms with van der Waals surface area (Å²) >= 11 is 0. The number of carbonyl (C=O) groups is 1. The fourth-order valence-corrected chi connectivity index (χ4v) is 2.52. The van der Waals surface area contributed by atoms with Crippen LogP contribution in [0.5, 0.6) is 0 Å². The molecule has 0 fully saturated rings. The van der Waals surface area contributed by atoms with Crippen LogP contribution in [0.15, 0.2) is 42.5 Å². The average molecular weight is 278 g/mol. The second-order valence-electron chi connectivity index (χ2n) is 5.55. The van der Waals surface area contributed by atoms with Gasteiger partial charge in [-0.3, -0.25) is 4.79 Å². The van der Waals surface area contributed by atoms with Crippen molar-refractivity contribution in [3.05, 3.63) is 64.8 Å². The summed E-state index contributed by atoms with van der Waals surface area (Å²) in [4.78, 5) is 15.5. The fourth-order valence-electron chi connectivity index (χ4n) is 2.52. The van der Waals surface area contributed by atoms with Gasteiger partial charge in [-0.1, -0.05) is 29.3 Å². The molecule has 0 radical (unpaired) electrons. The van der Waals surface area contributed by atoms with E-state index in [1.54, 1.807) is 0 Å². The minimum atomic E-state index is -0.115. The average Bonchev–Trinajstić information content (AvgIpc) is 2.85. The maximum atomic E-state index is 12.4. The van der Waals surface area contributed by atoms with E-state index in [1.165, 1.54) is 11.1 Å². The van der Waals surface area contributed by atoms with Crippen molar-refractivity contribution in [3.63, 3.8) is 0 Å². The molecule has 3 heteroatoms. The van der Waals surface area contributed by atoms with Crippen molar-refractivity contribution in [2.75, 3.05) is 5.32 Å². The van der Waals surface area contributed by atoms with E-state index in [0.717, 1.165) is 22.2 Å². The highest BCUT2D eigenvalue weighted by atomic mass is 16.1. The third-order valence-electron chi connectivity index (χ3n) is 3.65. The van der Waals surface area contributed by atoms with Crippen LogP contribution in [0.25, 0.3) is 10.9 Å². The molecule has 1 amide bonds. The Morgan fingerprint density at radius 3 is 2.43 bits per heavy atom. The van der Waals surface area contributed by atoms with Crippen LogP contribution in [0, 0.1) is 20.8 Å². The van der Waals surface area contributed by atoms with Gasteiger partial charge in [0.15, 0.2) is 0 Å². The van der Waals surface area contributed by atoms with E-state index in [1.807, 2.05) is 51.1 Å². The highest BCUT2D eigenvalue weighted by Gasteiger charge is 2.11. The van der Waals surface area contributed by atoms with E-state index in [9.17, 15) is 4.79 Å². The van der Waals surface area contributed by atoms with Crippen LogP contribution < -0.4 is 5.32 Å². The molecule has 0 unspecified atom stereocenters. The van der Waals surface area contributed by atoms with Crippen molar-refractivity contribution in [3.8, 4) is 0 Å². The topological polar surface area (TPSA) is 44.9 Å². The Bertz CT molecular complexity index is 830. The number of carbonyl (C=O) groups excluding carboxylic acids is 1. The van der Waals surface area contributed by atoms with E-state index in [0.29, 0.717) is 5.69 Å². The molecular weight excluding hydrogens is 260 g/mol. The molecule has 0 atom stereocenters. The monoisotopic (exact) mass is 278 g/mol. The fraction of sp³-hybridized carbons (Fsp3) is 0.167. The first kappa shape index (κ1) is 13.4. The molecular formula is C18H18N2O. The largest absolute Gasteiger partial charge is 0.351 e. The number of fused-ring (bicyclic) bond motifs is 1. The zero-order valence-electron chi connectivity index (χ0n) is 12.4. The summed E-state index contributed by atoms with van der Waals surface area (Å²) in [5, 5.41) is 4.02. The third kappa shape index (κ3) is 2.68. The number of hydrogen-bond donors (Lipinski definition) is 2. The zero-order valence-corrected chi connectivity index (χ0v) is 12.4. The van der Waals surface area contributed by atoms with E-state index >= 15 is 0 Å². The Hall–Kier alpha value is -2.55. The van der Waals surface area contributed by atoms with Crippen LogP contribution in [-0.2, 0) is 0 Å². The Labute approximate surface area is 124 Å². The normalized spacial score (nSPS) is 10.8. The van der Waals surface area contributed by atoms with Crippen LogP contribution >= 0.6 is 0 Å². The number of aryl methyl sites for hydroxylation is 3. The first-order valence-corrected chi connectivity index (χ1v) is 7.01. The van der Waals surface area contributed by atoms with Gasteiger partial charge < -0.3 is 10.3 Å². The number of anilines is 1. The molecule has 3 nitrogen and oxygen atoms in total. The molecule has 21 heavy (non-hydrogen) atoms. The summed E-state index contributed by atoms with van der Waals surface area (Å²) in [6.07, 6.45) is 0. The molecule has 0 saturated heterocycles. The van der Waals surface area contributed by atoms with E-state index in [4.69, 9.17) is 0 Å². The minimum absolute atomic E-state index is 0.115. The smallest absolute Gasteiger partial charge is 0.272 e. The molecule has 1 aromatic heterocycles. The first-order valence-electron chi connectivity index (χ1n) is 7.01. The van der Waals surface area contributed by atoms with Gasteiger partial charge in [0.1, 0.15) is 5.69 Å². The Balaban J connectivity index is 1.89. The number of hydrogen-bond acceptors (Lipinski definition) is 1. The lowest BCUT2D eigenvalue weighted by Crippen LogP contribution is -2.13. The number of benzene rings is 2. The summed E-state index contributed by atoms with van der Waals surface area (Å²) in [5.74, 6) is -0.115. The number of aromatic nitrogens is 1. The van der Waals surface area contributed by atoms with Gasteiger partial charge in [-0.2, -0.15) is 0 Å². The lowest BCUT2D eigenvalue weighted by atomic mass is 10.1. The van der Waals surface area contributed by atoms with Crippen molar-refractivity contribution in [2.24, 2.45) is 0 Å². The molecule has 0 bridgehead atoms. The van der Waals surface area contributed by atoms with Crippen molar-refractivity contribution in [1.82, 2.24) is 4.98 Å². The summed E-state index contributed by atoms with van der Waals surface area (Å²) in [5.41, 5.74) is 5.84. The first-order chi connectivity index (χ1) is 10.0. The second kappa shape index (κ2) is 5.09. The van der Waals surface area contributed by atoms with E-state index in [-0.39, 0.29) is 5.91 Å². The third-order valence-corrected chi connectivity index (χ3v) is 3.65. The molecule has 0 saturated carbocycles. The van der Waals surface area contributed by atoms with Gasteiger partial charge in [0.05, 0.1) is 0 Å². The van der Waals surface area contributed by atoms with Crippen molar-refractivity contribution in [2.45, 2.75) is 20.8 Å². The molecule has 3 aromatic rings. The van der Waals surface area contributed by atoms with Gasteiger partial charge in [-0.15, -0.1) is 0 Å². The number of amides is 1. The quantitative estimate of drug-likeness (QED) is 0.719. The van der Waals surface area contributed by atoms with Crippen molar-refractivity contribution >= 4 is 22.5 Å². The van der Waals surface area contributed by atoms with Crippen LogP contribution in [0.4, 0.5) is 5.69 Å². The van der Waals surface area contributed by atoms with Gasteiger partial charge >= 0.3 is 0 Å². The van der Waals surface area contributed by atoms with Crippen LogP contribution in [0.3, 0.4) is 0 Å². The lowest BCUT2D eigenvalue weighted by molar-refractivity contribution is 0.102. The summed E-state index contributed by atoms with van der Waals surface area (Å²) < 4.78 is 0. The van der Waals surface area contributed by atoms with Gasteiger partial charge in [-0.25, -0.2) is 0 Å². The van der Waals surface area contributed by atoms with E-state index in [2.05, 4.69) is 22.4 Å². The zero-order chi connectivity index (χ0) is 15.0. The molecule has 2 aromatic carbocycles. The SMILES string of the molecule is Cc1ccc(NC(=O)c2cc3cc(C)ccc3[nH]2)c(C)c1. The molecule has 106 valence electrons. The highest BCUT2D eigenvalue weighted by Crippen LogP contribution is 2.20. The van der Waals surface area contributed by atoms with Gasteiger partial charge in [0.2, 0.25) is 0 Å². The number of aromatic amines is 1. The molecule has 2 N–H and O–H groups in total. The molecule has 0 spiro atoms. The summed E-state index contributed by atoms with van der Waals surface area (Å²) in [6.45, 7) is 6.08. The van der Waals surface area contributed by atoms with Gasteiger partial charge in [0.25, 0.3) is 5.91 Å². The Kier molecular flexibility index (Phi) is 3.26. The summed E-state index contributed by atoms with van der Waals surface area (Å²) in [6, 6.07) is 14.0. The lowest BCUT2D eigenvalue weighted by Gasteiger charge is -2.08. The molecule has 0 aliphatic carbocycles. The summed E-state index contributed by atoms with van der Waals surface area (Å²) in [7, 11) is 0. The minimum Gasteiger partial charge on any atom is -0.351 e. The molecule has 0 aliphatic heterocycles. The maximum Gasteiger partial charge on any atom is 0.272 e. The number of H-pyrrole nitrogens is 1. The number of nitrogens with one attached hydrogen (secondary N) is 2. The van der Waals surface area contributed by atoms with Gasteiger partial charge in [-0.05, 0) is 50.6 Å². The highest BCUT2D eigenvalue weighted by molar-refractivity contribution is 6.06. The number of rotatable bonds is 2. The standard InChI is InChI=1S/C18H18N2O/c1-11-4-6-15(13(3)8-11)20-18(21)17-10-14-9-12(2)5-7-16(14)19-17/h4-10,19H,1-3H3,(H,20,21). The van der Waals surface area contributed by atoms with Crippen molar-refractivity contribution < 1.29 is 4.79 Å². The second-order valence-corrected chi connectivity index (χ2v) is 5.55. The molecule has 3 rings (SSSR count). The van der Waals surface area contributed by atoms with Crippen LogP contribution in [0.1, 0.15) is 27.2 Å². The predicted octanol–water partition coefficient (Wildman–Crippen LogP) is 4.35. The van der Waals surface area contributed by atoms with Gasteiger partial charge in [0, 0.05) is 16.6 Å². The maximum absolute atomic E-state index is 12.4. The predicted molar refractivity (Wildman–Crippen MR) is 86.9 cm³/mol. The Morgan fingerprint density at radius 2 is 1.67 bits per heavy atom. The molecule has 0 aliphatic rings.